The van der Waals surface area contributed by atoms with Crippen molar-refractivity contribution < 1.29 is 9.21 Å². The third-order valence-electron chi connectivity index (χ3n) is 1.87. The fourth-order valence-corrected chi connectivity index (χ4v) is 1.03. The number of amides is 1. The van der Waals surface area contributed by atoms with Gasteiger partial charge in [0.25, 0.3) is 0 Å². The summed E-state index contributed by atoms with van der Waals surface area (Å²) in [4.78, 5) is 11.2. The molecule has 1 aromatic rings. The average molecular weight is 196 g/mol. The molecule has 1 fully saturated rings. The number of nitrogens with zero attached hydrogens (tertiary/aromatic N) is 2. The van der Waals surface area contributed by atoms with Crippen molar-refractivity contribution in [2.24, 2.45) is 0 Å². The molecule has 1 amide bonds. The van der Waals surface area contributed by atoms with E-state index in [-0.39, 0.29) is 18.5 Å². The summed E-state index contributed by atoms with van der Waals surface area (Å²) in [6.07, 6.45) is 2.18. The lowest BCUT2D eigenvalue weighted by Crippen LogP contribution is -2.31. The van der Waals surface area contributed by atoms with Gasteiger partial charge in [0, 0.05) is 13.0 Å². The SMILES string of the molecule is Cc1nnc(NCC(=O)NC2CC2)o1. The Hall–Kier alpha value is -1.59. The molecule has 2 N–H and O–H groups in total. The van der Waals surface area contributed by atoms with Crippen molar-refractivity contribution in [2.45, 2.75) is 25.8 Å². The summed E-state index contributed by atoms with van der Waals surface area (Å²) in [6, 6.07) is 0.669. The maximum absolute atomic E-state index is 11.2. The zero-order chi connectivity index (χ0) is 9.97. The number of anilines is 1. The first-order valence-corrected chi connectivity index (χ1v) is 4.57. The quantitative estimate of drug-likeness (QED) is 0.712. The second-order valence-electron chi connectivity index (χ2n) is 3.32. The number of hydrogen-bond donors (Lipinski definition) is 2. The predicted octanol–water partition coefficient (Wildman–Crippen LogP) is 0.0685. The number of carbonyl (C=O) groups excluding carboxylic acids is 1. The number of aromatic nitrogens is 2. The maximum Gasteiger partial charge on any atom is 0.315 e. The fourth-order valence-electron chi connectivity index (χ4n) is 1.03. The van der Waals surface area contributed by atoms with Crippen LogP contribution in [0.2, 0.25) is 0 Å². The lowest BCUT2D eigenvalue weighted by atomic mass is 10.5. The standard InChI is InChI=1S/C8H12N4O2/c1-5-11-12-8(14-5)9-4-7(13)10-6-2-3-6/h6H,2-4H2,1H3,(H,9,12)(H,10,13). The van der Waals surface area contributed by atoms with Gasteiger partial charge in [0.2, 0.25) is 11.8 Å². The van der Waals surface area contributed by atoms with Gasteiger partial charge in [-0.3, -0.25) is 4.79 Å². The molecular weight excluding hydrogens is 184 g/mol. The van der Waals surface area contributed by atoms with Crippen LogP contribution in [-0.4, -0.2) is 28.7 Å². The van der Waals surface area contributed by atoms with Crippen molar-refractivity contribution >= 4 is 11.9 Å². The van der Waals surface area contributed by atoms with Gasteiger partial charge in [-0.25, -0.2) is 0 Å². The molecule has 6 nitrogen and oxygen atoms in total. The largest absolute Gasteiger partial charge is 0.408 e. The maximum atomic E-state index is 11.2. The van der Waals surface area contributed by atoms with E-state index >= 15 is 0 Å². The molecule has 0 aliphatic heterocycles. The second kappa shape index (κ2) is 3.65. The average Bonchev–Trinajstić information content (AvgIpc) is 2.85. The zero-order valence-corrected chi connectivity index (χ0v) is 7.91. The highest BCUT2D eigenvalue weighted by Gasteiger charge is 2.22. The Bertz CT molecular complexity index is 332. The molecule has 76 valence electrons. The summed E-state index contributed by atoms with van der Waals surface area (Å²) < 4.78 is 5.04. The first-order valence-electron chi connectivity index (χ1n) is 4.57. The van der Waals surface area contributed by atoms with Gasteiger partial charge in [0.15, 0.2) is 0 Å². The molecule has 0 spiro atoms. The molecule has 0 saturated heterocycles. The second-order valence-corrected chi connectivity index (χ2v) is 3.32. The van der Waals surface area contributed by atoms with Crippen LogP contribution in [0, 0.1) is 6.92 Å². The van der Waals surface area contributed by atoms with Crippen molar-refractivity contribution in [1.29, 1.82) is 0 Å². The van der Waals surface area contributed by atoms with Crippen molar-refractivity contribution in [2.75, 3.05) is 11.9 Å². The number of hydrogen-bond acceptors (Lipinski definition) is 5. The third-order valence-corrected chi connectivity index (χ3v) is 1.87. The monoisotopic (exact) mass is 196 g/mol. The Morgan fingerprint density at radius 3 is 2.93 bits per heavy atom. The van der Waals surface area contributed by atoms with Gasteiger partial charge in [0.05, 0.1) is 6.54 Å². The van der Waals surface area contributed by atoms with Gasteiger partial charge in [-0.2, -0.15) is 0 Å². The molecular formula is C8H12N4O2. The van der Waals surface area contributed by atoms with Crippen molar-refractivity contribution in [3.05, 3.63) is 5.89 Å². The van der Waals surface area contributed by atoms with Crippen LogP contribution in [0.5, 0.6) is 0 Å². The highest BCUT2D eigenvalue weighted by Crippen LogP contribution is 2.18. The van der Waals surface area contributed by atoms with Crippen molar-refractivity contribution in [1.82, 2.24) is 15.5 Å². The lowest BCUT2D eigenvalue weighted by Gasteiger charge is -2.02. The van der Waals surface area contributed by atoms with E-state index in [1.807, 2.05) is 0 Å². The van der Waals surface area contributed by atoms with Gasteiger partial charge in [-0.15, -0.1) is 5.10 Å². The Kier molecular flexibility index (Phi) is 2.34. The van der Waals surface area contributed by atoms with Crippen molar-refractivity contribution in [3.8, 4) is 0 Å². The molecule has 2 rings (SSSR count). The van der Waals surface area contributed by atoms with Crippen LogP contribution >= 0.6 is 0 Å². The highest BCUT2D eigenvalue weighted by molar-refractivity contribution is 5.80. The summed E-state index contributed by atoms with van der Waals surface area (Å²) >= 11 is 0. The van der Waals surface area contributed by atoms with Gasteiger partial charge >= 0.3 is 6.01 Å². The molecule has 1 aromatic heterocycles. The van der Waals surface area contributed by atoms with Crippen LogP contribution in [0.1, 0.15) is 18.7 Å². The van der Waals surface area contributed by atoms with E-state index in [4.69, 9.17) is 4.42 Å². The number of nitrogens with one attached hydrogen (secondary N) is 2. The molecule has 6 heteroatoms. The van der Waals surface area contributed by atoms with Crippen LogP contribution in [0.15, 0.2) is 4.42 Å². The Morgan fingerprint density at radius 1 is 1.57 bits per heavy atom. The molecule has 0 aromatic carbocycles. The van der Waals surface area contributed by atoms with E-state index in [0.29, 0.717) is 11.9 Å². The molecule has 1 heterocycles. The van der Waals surface area contributed by atoms with Crippen molar-refractivity contribution in [3.63, 3.8) is 0 Å². The Labute approximate surface area is 81.1 Å². The first kappa shape index (κ1) is 8.98. The Balaban J connectivity index is 1.73. The lowest BCUT2D eigenvalue weighted by molar-refractivity contribution is -0.119. The summed E-state index contributed by atoms with van der Waals surface area (Å²) in [6.45, 7) is 1.88. The van der Waals surface area contributed by atoms with E-state index < -0.39 is 0 Å². The van der Waals surface area contributed by atoms with E-state index in [1.54, 1.807) is 6.92 Å². The van der Waals surface area contributed by atoms with Crippen LogP contribution in [0.25, 0.3) is 0 Å². The summed E-state index contributed by atoms with van der Waals surface area (Å²) in [5, 5.41) is 12.9. The fraction of sp³-hybridized carbons (Fsp3) is 0.625. The molecule has 0 radical (unpaired) electrons. The third kappa shape index (κ3) is 2.45. The van der Waals surface area contributed by atoms with Gasteiger partial charge < -0.3 is 15.1 Å². The van der Waals surface area contributed by atoms with Gasteiger partial charge in [-0.1, -0.05) is 5.10 Å². The van der Waals surface area contributed by atoms with Gasteiger partial charge in [0.1, 0.15) is 0 Å². The zero-order valence-electron chi connectivity index (χ0n) is 7.91. The molecule has 1 aliphatic carbocycles. The Morgan fingerprint density at radius 2 is 2.36 bits per heavy atom. The van der Waals surface area contributed by atoms with Crippen LogP contribution in [0.3, 0.4) is 0 Å². The summed E-state index contributed by atoms with van der Waals surface area (Å²) in [5.74, 6) is 0.443. The van der Waals surface area contributed by atoms with E-state index in [0.717, 1.165) is 12.8 Å². The first-order chi connectivity index (χ1) is 6.74. The topological polar surface area (TPSA) is 80.0 Å². The molecule has 1 aliphatic rings. The van der Waals surface area contributed by atoms with Gasteiger partial charge in [-0.05, 0) is 12.8 Å². The summed E-state index contributed by atoms with van der Waals surface area (Å²) in [5.41, 5.74) is 0. The van der Waals surface area contributed by atoms with E-state index in [2.05, 4.69) is 20.8 Å². The minimum absolute atomic E-state index is 0.0386. The van der Waals surface area contributed by atoms with Crippen LogP contribution in [-0.2, 0) is 4.79 Å². The minimum Gasteiger partial charge on any atom is -0.408 e. The smallest absolute Gasteiger partial charge is 0.315 e. The number of carbonyl (C=O) groups is 1. The van der Waals surface area contributed by atoms with E-state index in [1.165, 1.54) is 0 Å². The minimum atomic E-state index is -0.0386. The molecule has 0 unspecified atom stereocenters. The highest BCUT2D eigenvalue weighted by atomic mass is 16.4. The molecule has 0 bridgehead atoms. The van der Waals surface area contributed by atoms with E-state index in [9.17, 15) is 4.79 Å². The normalized spacial score (nSPS) is 15.2. The number of aryl methyl sites for hydroxylation is 1. The summed E-state index contributed by atoms with van der Waals surface area (Å²) in [7, 11) is 0. The molecule has 0 atom stereocenters. The predicted molar refractivity (Wildman–Crippen MR) is 48.7 cm³/mol. The van der Waals surface area contributed by atoms with Crippen LogP contribution < -0.4 is 10.6 Å². The number of rotatable bonds is 4. The molecule has 1 saturated carbocycles. The van der Waals surface area contributed by atoms with Crippen LogP contribution in [0.4, 0.5) is 6.01 Å². The molecule has 14 heavy (non-hydrogen) atoms.